The molecule has 1 aromatic heterocycles. The summed E-state index contributed by atoms with van der Waals surface area (Å²) in [6.07, 6.45) is 5.24. The monoisotopic (exact) mass is 267 g/mol. The van der Waals surface area contributed by atoms with Gasteiger partial charge in [0, 0.05) is 30.1 Å². The minimum absolute atomic E-state index is 0.0290. The SMILES string of the molecule is CN1C(=CC=Nc2ncn[nH]2)C(C)(C)c2ccccc21. The van der Waals surface area contributed by atoms with E-state index < -0.39 is 0 Å². The van der Waals surface area contributed by atoms with E-state index >= 15 is 0 Å². The lowest BCUT2D eigenvalue weighted by atomic mass is 9.84. The number of nitrogens with one attached hydrogen (secondary N) is 1. The van der Waals surface area contributed by atoms with Crippen LogP contribution < -0.4 is 4.90 Å². The minimum atomic E-state index is -0.0290. The van der Waals surface area contributed by atoms with Gasteiger partial charge in [0.15, 0.2) is 0 Å². The van der Waals surface area contributed by atoms with Crippen molar-refractivity contribution in [3.8, 4) is 0 Å². The highest BCUT2D eigenvalue weighted by molar-refractivity contribution is 5.80. The standard InChI is InChI=1S/C15H17N5/c1-15(2)11-6-4-5-7-12(11)20(3)13(15)8-9-16-14-17-10-18-19-14/h4-10H,1-3H3,(H,17,18,19). The first-order chi connectivity index (χ1) is 9.60. The first-order valence-corrected chi connectivity index (χ1v) is 6.54. The summed E-state index contributed by atoms with van der Waals surface area (Å²) in [5.41, 5.74) is 3.76. The van der Waals surface area contributed by atoms with E-state index in [1.165, 1.54) is 23.3 Å². The molecule has 0 atom stereocenters. The van der Waals surface area contributed by atoms with Crippen LogP contribution in [0.2, 0.25) is 0 Å². The molecule has 0 fully saturated rings. The van der Waals surface area contributed by atoms with Crippen molar-refractivity contribution in [2.24, 2.45) is 4.99 Å². The summed E-state index contributed by atoms with van der Waals surface area (Å²) in [5.74, 6) is 0.512. The number of aromatic amines is 1. The zero-order chi connectivity index (χ0) is 14.2. The highest BCUT2D eigenvalue weighted by atomic mass is 15.2. The lowest BCUT2D eigenvalue weighted by molar-refractivity contribution is 0.641. The third-order valence-corrected chi connectivity index (χ3v) is 3.77. The molecule has 0 amide bonds. The number of aliphatic imine (C=N–C) groups is 1. The van der Waals surface area contributed by atoms with Gasteiger partial charge in [-0.2, -0.15) is 10.1 Å². The molecule has 5 nitrogen and oxygen atoms in total. The molecule has 102 valence electrons. The van der Waals surface area contributed by atoms with Crippen LogP contribution in [0.15, 0.2) is 47.4 Å². The van der Waals surface area contributed by atoms with E-state index in [1.807, 2.05) is 6.08 Å². The predicted octanol–water partition coefficient (Wildman–Crippen LogP) is 2.82. The van der Waals surface area contributed by atoms with Gasteiger partial charge < -0.3 is 4.90 Å². The van der Waals surface area contributed by atoms with Crippen LogP contribution in [-0.2, 0) is 5.41 Å². The summed E-state index contributed by atoms with van der Waals surface area (Å²) in [6, 6.07) is 8.47. The van der Waals surface area contributed by atoms with Crippen molar-refractivity contribution in [2.75, 3.05) is 11.9 Å². The maximum Gasteiger partial charge on any atom is 0.245 e. The maximum absolute atomic E-state index is 4.24. The third-order valence-electron chi connectivity index (χ3n) is 3.77. The number of para-hydroxylation sites is 1. The number of rotatable bonds is 2. The number of anilines is 1. The van der Waals surface area contributed by atoms with Crippen molar-refractivity contribution in [2.45, 2.75) is 19.3 Å². The first-order valence-electron chi connectivity index (χ1n) is 6.54. The van der Waals surface area contributed by atoms with Gasteiger partial charge in [-0.05, 0) is 17.7 Å². The zero-order valence-electron chi connectivity index (χ0n) is 11.8. The van der Waals surface area contributed by atoms with Crippen molar-refractivity contribution in [3.05, 3.63) is 47.9 Å². The largest absolute Gasteiger partial charge is 0.347 e. The molecule has 1 N–H and O–H groups in total. The Morgan fingerprint density at radius 1 is 1.30 bits per heavy atom. The van der Waals surface area contributed by atoms with Crippen LogP contribution in [0.1, 0.15) is 19.4 Å². The highest BCUT2D eigenvalue weighted by Crippen LogP contribution is 2.46. The van der Waals surface area contributed by atoms with Crippen LogP contribution in [-0.4, -0.2) is 28.4 Å². The third kappa shape index (κ3) is 1.91. The van der Waals surface area contributed by atoms with Crippen molar-refractivity contribution < 1.29 is 0 Å². The molecule has 20 heavy (non-hydrogen) atoms. The number of benzene rings is 1. The van der Waals surface area contributed by atoms with Gasteiger partial charge in [-0.1, -0.05) is 32.0 Å². The van der Waals surface area contributed by atoms with E-state index in [0.29, 0.717) is 5.95 Å². The highest BCUT2D eigenvalue weighted by Gasteiger charge is 2.37. The molecule has 0 saturated carbocycles. The number of H-pyrrole nitrogens is 1. The van der Waals surface area contributed by atoms with Crippen LogP contribution >= 0.6 is 0 Å². The molecular weight excluding hydrogens is 250 g/mol. The Hall–Kier alpha value is -2.43. The van der Waals surface area contributed by atoms with E-state index in [2.05, 4.69) is 70.2 Å². The van der Waals surface area contributed by atoms with Crippen LogP contribution in [0.5, 0.6) is 0 Å². The first kappa shape index (κ1) is 12.6. The fourth-order valence-electron chi connectivity index (χ4n) is 2.74. The van der Waals surface area contributed by atoms with Crippen LogP contribution in [0, 0.1) is 0 Å². The Morgan fingerprint density at radius 3 is 2.80 bits per heavy atom. The second-order valence-corrected chi connectivity index (χ2v) is 5.34. The van der Waals surface area contributed by atoms with Gasteiger partial charge in [-0.15, -0.1) is 0 Å². The number of fused-ring (bicyclic) bond motifs is 1. The number of aromatic nitrogens is 3. The molecule has 5 heteroatoms. The fraction of sp³-hybridized carbons (Fsp3) is 0.267. The Labute approximate surface area is 118 Å². The van der Waals surface area contributed by atoms with Gasteiger partial charge in [0.1, 0.15) is 6.33 Å². The molecule has 0 aliphatic carbocycles. The molecule has 1 aromatic carbocycles. The maximum atomic E-state index is 4.24. The van der Waals surface area contributed by atoms with Crippen LogP contribution in [0.25, 0.3) is 0 Å². The molecule has 0 bridgehead atoms. The Kier molecular flexibility index (Phi) is 2.89. The minimum Gasteiger partial charge on any atom is -0.347 e. The van der Waals surface area contributed by atoms with E-state index in [-0.39, 0.29) is 5.41 Å². The summed E-state index contributed by atoms with van der Waals surface area (Å²) in [6.45, 7) is 4.45. The topological polar surface area (TPSA) is 57.2 Å². The van der Waals surface area contributed by atoms with Crippen molar-refractivity contribution in [1.29, 1.82) is 0 Å². The second kappa shape index (κ2) is 4.59. The van der Waals surface area contributed by atoms with Crippen LogP contribution in [0.3, 0.4) is 0 Å². The normalized spacial score (nSPS) is 18.9. The average Bonchev–Trinajstić information content (AvgIpc) is 3.01. The van der Waals surface area contributed by atoms with Gasteiger partial charge >= 0.3 is 0 Å². The second-order valence-electron chi connectivity index (χ2n) is 5.34. The Balaban J connectivity index is 1.95. The Bertz CT molecular complexity index is 667. The molecule has 2 aromatic rings. The summed E-state index contributed by atoms with van der Waals surface area (Å²) in [5, 5.41) is 6.48. The number of hydrogen-bond acceptors (Lipinski definition) is 4. The van der Waals surface area contributed by atoms with E-state index in [4.69, 9.17) is 0 Å². The van der Waals surface area contributed by atoms with E-state index in [1.54, 1.807) is 6.21 Å². The fourth-order valence-corrected chi connectivity index (χ4v) is 2.74. The summed E-state index contributed by atoms with van der Waals surface area (Å²) in [7, 11) is 2.09. The van der Waals surface area contributed by atoms with E-state index in [9.17, 15) is 0 Å². The lowest BCUT2D eigenvalue weighted by Crippen LogP contribution is -2.23. The molecule has 0 saturated heterocycles. The van der Waals surface area contributed by atoms with Crippen molar-refractivity contribution >= 4 is 17.9 Å². The Morgan fingerprint density at radius 2 is 2.10 bits per heavy atom. The van der Waals surface area contributed by atoms with Crippen LogP contribution in [0.4, 0.5) is 11.6 Å². The smallest absolute Gasteiger partial charge is 0.245 e. The molecule has 0 radical (unpaired) electrons. The number of likely N-dealkylation sites (N-methyl/N-ethyl adjacent to an activating group) is 1. The summed E-state index contributed by atoms with van der Waals surface area (Å²) >= 11 is 0. The van der Waals surface area contributed by atoms with Crippen molar-refractivity contribution in [1.82, 2.24) is 15.2 Å². The molecule has 1 aliphatic rings. The number of allylic oxidation sites excluding steroid dienone is 2. The predicted molar refractivity (Wildman–Crippen MR) is 80.5 cm³/mol. The molecular formula is C15H17N5. The molecule has 3 rings (SSSR count). The summed E-state index contributed by atoms with van der Waals surface area (Å²) < 4.78 is 0. The van der Waals surface area contributed by atoms with Crippen molar-refractivity contribution in [3.63, 3.8) is 0 Å². The molecule has 0 spiro atoms. The van der Waals surface area contributed by atoms with Gasteiger partial charge in [0.25, 0.3) is 0 Å². The van der Waals surface area contributed by atoms with Gasteiger partial charge in [0.2, 0.25) is 5.95 Å². The van der Waals surface area contributed by atoms with E-state index in [0.717, 1.165) is 0 Å². The quantitative estimate of drug-likeness (QED) is 0.851. The summed E-state index contributed by atoms with van der Waals surface area (Å²) in [4.78, 5) is 10.4. The molecule has 1 aliphatic heterocycles. The average molecular weight is 267 g/mol. The molecule has 2 heterocycles. The van der Waals surface area contributed by atoms with Gasteiger partial charge in [-0.3, -0.25) is 0 Å². The van der Waals surface area contributed by atoms with Gasteiger partial charge in [-0.25, -0.2) is 10.1 Å². The molecule has 0 unspecified atom stereocenters. The number of nitrogens with zero attached hydrogens (tertiary/aromatic N) is 4. The van der Waals surface area contributed by atoms with Gasteiger partial charge in [0.05, 0.1) is 0 Å². The number of hydrogen-bond donors (Lipinski definition) is 1. The lowest BCUT2D eigenvalue weighted by Gasteiger charge is -2.23. The zero-order valence-corrected chi connectivity index (χ0v) is 11.8.